The van der Waals surface area contributed by atoms with Gasteiger partial charge in [-0.25, -0.2) is 5.43 Å². The smallest absolute Gasteiger partial charge is 0.273 e. The highest BCUT2D eigenvalue weighted by Gasteiger charge is 2.16. The van der Waals surface area contributed by atoms with E-state index < -0.39 is 12.0 Å². The number of carbonyl (C=O) groups is 1. The molecule has 1 unspecified atom stereocenters. The van der Waals surface area contributed by atoms with E-state index in [0.29, 0.717) is 22.6 Å². The fourth-order valence-corrected chi connectivity index (χ4v) is 2.30. The number of hydrazone groups is 1. The summed E-state index contributed by atoms with van der Waals surface area (Å²) in [5, 5.41) is 13.9. The van der Waals surface area contributed by atoms with Gasteiger partial charge in [0.2, 0.25) is 0 Å². The number of benzene rings is 2. The van der Waals surface area contributed by atoms with Crippen molar-refractivity contribution in [2.24, 2.45) is 5.10 Å². The Labute approximate surface area is 148 Å². The zero-order valence-electron chi connectivity index (χ0n) is 13.2. The molecular weight excluding hydrogens is 376 g/mol. The summed E-state index contributed by atoms with van der Waals surface area (Å²) < 4.78 is 11.3. The van der Waals surface area contributed by atoms with Crippen LogP contribution in [0.1, 0.15) is 17.2 Å². The van der Waals surface area contributed by atoms with E-state index in [1.807, 2.05) is 0 Å². The van der Waals surface area contributed by atoms with Crippen molar-refractivity contribution in [3.63, 3.8) is 0 Å². The summed E-state index contributed by atoms with van der Waals surface area (Å²) in [6, 6.07) is 12.1. The van der Waals surface area contributed by atoms with Gasteiger partial charge in [0.05, 0.1) is 20.4 Å². The highest BCUT2D eigenvalue weighted by Crippen LogP contribution is 2.29. The molecule has 2 rings (SSSR count). The zero-order chi connectivity index (χ0) is 17.5. The van der Waals surface area contributed by atoms with Crippen LogP contribution in [0.25, 0.3) is 0 Å². The number of carbonyl (C=O) groups excluding carboxylic acids is 1. The fraction of sp³-hybridized carbons (Fsp3) is 0.176. The minimum absolute atomic E-state index is 0.477. The Morgan fingerprint density at radius 3 is 2.54 bits per heavy atom. The predicted octanol–water partition coefficient (Wildman–Crippen LogP) is 2.65. The van der Waals surface area contributed by atoms with Crippen LogP contribution in [-0.2, 0) is 4.79 Å². The third-order valence-corrected chi connectivity index (χ3v) is 3.77. The molecule has 7 heteroatoms. The highest BCUT2D eigenvalue weighted by atomic mass is 79.9. The molecule has 0 fully saturated rings. The van der Waals surface area contributed by atoms with Gasteiger partial charge in [0.15, 0.2) is 17.6 Å². The molecule has 0 spiro atoms. The molecule has 0 aliphatic rings. The number of hydrogen-bond donors (Lipinski definition) is 2. The van der Waals surface area contributed by atoms with Crippen molar-refractivity contribution in [2.75, 3.05) is 14.2 Å². The molecule has 0 aliphatic heterocycles. The predicted molar refractivity (Wildman–Crippen MR) is 94.4 cm³/mol. The highest BCUT2D eigenvalue weighted by molar-refractivity contribution is 9.10. The lowest BCUT2D eigenvalue weighted by Gasteiger charge is -2.10. The number of rotatable bonds is 6. The van der Waals surface area contributed by atoms with Crippen molar-refractivity contribution in [1.82, 2.24) is 5.43 Å². The Balaban J connectivity index is 2.06. The minimum atomic E-state index is -1.30. The number of aliphatic hydroxyl groups excluding tert-OH is 1. The normalized spacial score (nSPS) is 12.0. The van der Waals surface area contributed by atoms with E-state index in [0.717, 1.165) is 4.47 Å². The lowest BCUT2D eigenvalue weighted by Crippen LogP contribution is -2.25. The summed E-state index contributed by atoms with van der Waals surface area (Å²) in [4.78, 5) is 12.0. The van der Waals surface area contributed by atoms with Crippen LogP contribution in [0.4, 0.5) is 0 Å². The summed E-state index contributed by atoms with van der Waals surface area (Å²) in [6.07, 6.45) is 0.121. The molecular formula is C17H17BrN2O4. The van der Waals surface area contributed by atoms with Gasteiger partial charge >= 0.3 is 0 Å². The first kappa shape index (κ1) is 18.0. The third-order valence-electron chi connectivity index (χ3n) is 3.25. The van der Waals surface area contributed by atoms with Crippen molar-refractivity contribution in [3.05, 3.63) is 58.1 Å². The van der Waals surface area contributed by atoms with E-state index in [9.17, 15) is 9.90 Å². The van der Waals surface area contributed by atoms with Crippen LogP contribution in [0.3, 0.4) is 0 Å². The molecule has 6 nitrogen and oxygen atoms in total. The second kappa shape index (κ2) is 8.47. The van der Waals surface area contributed by atoms with Crippen LogP contribution in [0.2, 0.25) is 0 Å². The Bertz CT molecular complexity index is 732. The second-order valence-electron chi connectivity index (χ2n) is 4.77. The number of ether oxygens (including phenoxy) is 2. The quantitative estimate of drug-likeness (QED) is 0.584. The zero-order valence-corrected chi connectivity index (χ0v) is 14.8. The summed E-state index contributed by atoms with van der Waals surface area (Å²) >= 11 is 3.30. The number of nitrogens with zero attached hydrogens (tertiary/aromatic N) is 1. The number of amides is 1. The molecule has 0 aliphatic carbocycles. The van der Waals surface area contributed by atoms with Crippen LogP contribution in [-0.4, -0.2) is 31.4 Å². The fourth-order valence-electron chi connectivity index (χ4n) is 2.04. The van der Waals surface area contributed by atoms with Gasteiger partial charge in [0.1, 0.15) is 0 Å². The molecule has 1 amide bonds. The summed E-state index contributed by atoms with van der Waals surface area (Å²) in [5.74, 6) is 0.435. The van der Waals surface area contributed by atoms with Gasteiger partial charge in [-0.2, -0.15) is 5.10 Å². The molecule has 126 valence electrons. The van der Waals surface area contributed by atoms with E-state index in [-0.39, 0.29) is 0 Å². The first-order valence-corrected chi connectivity index (χ1v) is 7.83. The largest absolute Gasteiger partial charge is 0.493 e. The van der Waals surface area contributed by atoms with Crippen LogP contribution in [0.5, 0.6) is 11.5 Å². The number of hydrogen-bond acceptors (Lipinski definition) is 5. The topological polar surface area (TPSA) is 80.2 Å². The van der Waals surface area contributed by atoms with E-state index in [1.165, 1.54) is 20.4 Å². The Hall–Kier alpha value is -2.38. The number of para-hydroxylation sites is 1. The minimum Gasteiger partial charge on any atom is -0.493 e. The average Bonchev–Trinajstić information content (AvgIpc) is 2.61. The van der Waals surface area contributed by atoms with E-state index >= 15 is 0 Å². The van der Waals surface area contributed by atoms with E-state index in [2.05, 4.69) is 26.5 Å². The number of methoxy groups -OCH3 is 2. The van der Waals surface area contributed by atoms with Gasteiger partial charge in [-0.3, -0.25) is 4.79 Å². The second-order valence-corrected chi connectivity index (χ2v) is 5.69. The van der Waals surface area contributed by atoms with Gasteiger partial charge in [-0.1, -0.05) is 34.1 Å². The Morgan fingerprint density at radius 1 is 1.21 bits per heavy atom. The first-order valence-electron chi connectivity index (χ1n) is 7.04. The van der Waals surface area contributed by atoms with Gasteiger partial charge < -0.3 is 14.6 Å². The van der Waals surface area contributed by atoms with Crippen LogP contribution >= 0.6 is 15.9 Å². The first-order chi connectivity index (χ1) is 11.6. The van der Waals surface area contributed by atoms with Crippen molar-refractivity contribution in [2.45, 2.75) is 6.10 Å². The number of aliphatic hydroxyl groups is 1. The standard InChI is InChI=1S/C17H17BrN2O4/c1-23-14-5-3-4-12(16(14)24-2)10-19-20-17(22)15(21)11-6-8-13(18)9-7-11/h3-10,15,21H,1-2H3,(H,20,22)/b19-10+. The van der Waals surface area contributed by atoms with Crippen LogP contribution < -0.4 is 14.9 Å². The average molecular weight is 393 g/mol. The van der Waals surface area contributed by atoms with Gasteiger partial charge in [0.25, 0.3) is 5.91 Å². The molecule has 0 radical (unpaired) electrons. The molecule has 0 saturated heterocycles. The molecule has 2 aromatic rings. The molecule has 2 aromatic carbocycles. The van der Waals surface area contributed by atoms with E-state index in [4.69, 9.17) is 9.47 Å². The van der Waals surface area contributed by atoms with Gasteiger partial charge in [-0.05, 0) is 29.8 Å². The lowest BCUT2D eigenvalue weighted by molar-refractivity contribution is -0.129. The molecule has 2 N–H and O–H groups in total. The van der Waals surface area contributed by atoms with Crippen LogP contribution in [0, 0.1) is 0 Å². The Morgan fingerprint density at radius 2 is 1.92 bits per heavy atom. The van der Waals surface area contributed by atoms with Crippen LogP contribution in [0.15, 0.2) is 52.0 Å². The van der Waals surface area contributed by atoms with Gasteiger partial charge in [-0.15, -0.1) is 0 Å². The Kier molecular flexibility index (Phi) is 6.34. The van der Waals surface area contributed by atoms with Gasteiger partial charge in [0, 0.05) is 10.0 Å². The van der Waals surface area contributed by atoms with Crippen molar-refractivity contribution >= 4 is 28.1 Å². The lowest BCUT2D eigenvalue weighted by atomic mass is 10.1. The van der Waals surface area contributed by atoms with Crippen molar-refractivity contribution < 1.29 is 19.4 Å². The maximum atomic E-state index is 12.0. The van der Waals surface area contributed by atoms with E-state index in [1.54, 1.807) is 42.5 Å². The SMILES string of the molecule is COc1cccc(/C=N/NC(=O)C(O)c2ccc(Br)cc2)c1OC. The number of nitrogens with one attached hydrogen (secondary N) is 1. The van der Waals surface area contributed by atoms with Crippen molar-refractivity contribution in [1.29, 1.82) is 0 Å². The molecule has 0 saturated carbocycles. The maximum absolute atomic E-state index is 12.0. The molecule has 0 heterocycles. The number of halogens is 1. The van der Waals surface area contributed by atoms with Crippen molar-refractivity contribution in [3.8, 4) is 11.5 Å². The molecule has 1 atom stereocenters. The third kappa shape index (κ3) is 4.33. The molecule has 0 bridgehead atoms. The molecule has 0 aromatic heterocycles. The summed E-state index contributed by atoms with van der Waals surface area (Å²) in [7, 11) is 3.06. The molecule has 24 heavy (non-hydrogen) atoms. The monoisotopic (exact) mass is 392 g/mol. The summed E-state index contributed by atoms with van der Waals surface area (Å²) in [5.41, 5.74) is 3.42. The maximum Gasteiger partial charge on any atom is 0.273 e. The summed E-state index contributed by atoms with van der Waals surface area (Å²) in [6.45, 7) is 0.